The lowest BCUT2D eigenvalue weighted by molar-refractivity contribution is -0.129. The predicted octanol–water partition coefficient (Wildman–Crippen LogP) is 3.25. The molecule has 4 rings (SSSR count). The number of sulfonamides is 1. The number of carbonyl (C=O) groups is 1. The van der Waals surface area contributed by atoms with Gasteiger partial charge in [-0.25, -0.2) is 18.1 Å². The van der Waals surface area contributed by atoms with Crippen molar-refractivity contribution in [2.45, 2.75) is 49.3 Å². The van der Waals surface area contributed by atoms with Gasteiger partial charge in [-0.15, -0.1) is 22.7 Å². The molecule has 1 atom stereocenters. The fraction of sp³-hybridized carbons (Fsp3) is 0.556. The van der Waals surface area contributed by atoms with Gasteiger partial charge >= 0.3 is 0 Å². The predicted molar refractivity (Wildman–Crippen MR) is 107 cm³/mol. The number of hydrogen-bond donors (Lipinski definition) is 1. The van der Waals surface area contributed by atoms with E-state index in [-0.39, 0.29) is 11.8 Å². The molecule has 2 aliphatic rings. The number of rotatable bonds is 6. The van der Waals surface area contributed by atoms with Crippen molar-refractivity contribution in [1.82, 2.24) is 14.6 Å². The minimum Gasteiger partial charge on any atom is -0.339 e. The van der Waals surface area contributed by atoms with E-state index < -0.39 is 10.0 Å². The van der Waals surface area contributed by atoms with Crippen LogP contribution in [0.4, 0.5) is 0 Å². The van der Waals surface area contributed by atoms with Gasteiger partial charge < -0.3 is 4.90 Å². The molecule has 1 saturated heterocycles. The molecule has 0 aromatic carbocycles. The standard InChI is InChI=1S/C18H23N3O3S3/c1-12-20-15(11-25-12)16-6-7-18(26-16)27(23,24)19-9-13-8-17(22)21(10-13)14-4-2-3-5-14/h6-7,11,13-14,19H,2-5,8-10H2,1H3/t13-/m0/s1. The fourth-order valence-electron chi connectivity index (χ4n) is 3.89. The van der Waals surface area contributed by atoms with E-state index in [4.69, 9.17) is 0 Å². The van der Waals surface area contributed by atoms with Crippen LogP contribution in [0.15, 0.2) is 21.7 Å². The molecule has 2 fully saturated rings. The zero-order valence-corrected chi connectivity index (χ0v) is 17.6. The van der Waals surface area contributed by atoms with Crippen LogP contribution in [-0.4, -0.2) is 43.3 Å². The van der Waals surface area contributed by atoms with E-state index in [1.54, 1.807) is 23.5 Å². The van der Waals surface area contributed by atoms with Crippen molar-refractivity contribution in [3.8, 4) is 10.6 Å². The van der Waals surface area contributed by atoms with Crippen LogP contribution in [0, 0.1) is 12.8 Å². The summed E-state index contributed by atoms with van der Waals surface area (Å²) >= 11 is 2.77. The van der Waals surface area contributed by atoms with Gasteiger partial charge in [0.25, 0.3) is 0 Å². The average Bonchev–Trinajstić information content (AvgIpc) is 3.40. The fourth-order valence-corrected chi connectivity index (χ4v) is 7.01. The summed E-state index contributed by atoms with van der Waals surface area (Å²) in [6.45, 7) is 2.90. The lowest BCUT2D eigenvalue weighted by Gasteiger charge is -2.24. The number of carbonyl (C=O) groups excluding carboxylic acids is 1. The molecule has 3 heterocycles. The highest BCUT2D eigenvalue weighted by molar-refractivity contribution is 7.91. The van der Waals surface area contributed by atoms with E-state index in [2.05, 4.69) is 9.71 Å². The maximum Gasteiger partial charge on any atom is 0.250 e. The quantitative estimate of drug-likeness (QED) is 0.770. The molecular weight excluding hydrogens is 402 g/mol. The van der Waals surface area contributed by atoms with Crippen LogP contribution in [-0.2, 0) is 14.8 Å². The van der Waals surface area contributed by atoms with Crippen molar-refractivity contribution in [2.24, 2.45) is 5.92 Å². The van der Waals surface area contributed by atoms with E-state index in [0.29, 0.717) is 29.8 Å². The first kappa shape index (κ1) is 19.0. The maximum absolute atomic E-state index is 12.6. The zero-order valence-electron chi connectivity index (χ0n) is 15.2. The van der Waals surface area contributed by atoms with Crippen molar-refractivity contribution in [2.75, 3.05) is 13.1 Å². The number of amides is 1. The molecular formula is C18H23N3O3S3. The Morgan fingerprint density at radius 1 is 1.30 bits per heavy atom. The molecule has 2 aromatic heterocycles. The lowest BCUT2D eigenvalue weighted by atomic mass is 10.1. The summed E-state index contributed by atoms with van der Waals surface area (Å²) in [6.07, 6.45) is 4.97. The molecule has 0 spiro atoms. The molecule has 27 heavy (non-hydrogen) atoms. The summed E-state index contributed by atoms with van der Waals surface area (Å²) in [5, 5.41) is 2.89. The molecule has 146 valence electrons. The molecule has 1 saturated carbocycles. The van der Waals surface area contributed by atoms with Gasteiger partial charge in [-0.2, -0.15) is 0 Å². The van der Waals surface area contributed by atoms with Gasteiger partial charge in [0, 0.05) is 30.9 Å². The number of aromatic nitrogens is 1. The second kappa shape index (κ2) is 7.62. The van der Waals surface area contributed by atoms with Crippen LogP contribution < -0.4 is 4.72 Å². The molecule has 1 N–H and O–H groups in total. The third kappa shape index (κ3) is 4.11. The van der Waals surface area contributed by atoms with Crippen LogP contribution in [0.1, 0.15) is 37.1 Å². The maximum atomic E-state index is 12.6. The van der Waals surface area contributed by atoms with E-state index in [0.717, 1.165) is 28.4 Å². The molecule has 9 heteroatoms. The van der Waals surface area contributed by atoms with Crippen molar-refractivity contribution >= 4 is 38.6 Å². The number of likely N-dealkylation sites (tertiary alicyclic amines) is 1. The summed E-state index contributed by atoms with van der Waals surface area (Å²) in [6, 6.07) is 3.79. The van der Waals surface area contributed by atoms with Crippen LogP contribution in [0.3, 0.4) is 0 Å². The smallest absolute Gasteiger partial charge is 0.250 e. The normalized spacial score (nSPS) is 21.4. The highest BCUT2D eigenvalue weighted by Crippen LogP contribution is 2.32. The largest absolute Gasteiger partial charge is 0.339 e. The van der Waals surface area contributed by atoms with Crippen LogP contribution in [0.25, 0.3) is 10.6 Å². The molecule has 1 amide bonds. The van der Waals surface area contributed by atoms with Crippen LogP contribution in [0.5, 0.6) is 0 Å². The molecule has 0 unspecified atom stereocenters. The Labute approximate surface area is 167 Å². The van der Waals surface area contributed by atoms with Crippen molar-refractivity contribution in [1.29, 1.82) is 0 Å². The molecule has 1 aliphatic carbocycles. The Balaban J connectivity index is 1.38. The molecule has 2 aromatic rings. The summed E-state index contributed by atoms with van der Waals surface area (Å²) in [5.74, 6) is 0.219. The van der Waals surface area contributed by atoms with E-state index in [1.807, 2.05) is 17.2 Å². The zero-order chi connectivity index (χ0) is 19.0. The van der Waals surface area contributed by atoms with Crippen LogP contribution >= 0.6 is 22.7 Å². The first-order chi connectivity index (χ1) is 12.9. The summed E-state index contributed by atoms with van der Waals surface area (Å²) in [5.41, 5.74) is 0.817. The third-order valence-electron chi connectivity index (χ3n) is 5.28. The van der Waals surface area contributed by atoms with Gasteiger partial charge in [0.05, 0.1) is 15.6 Å². The monoisotopic (exact) mass is 425 g/mol. The van der Waals surface area contributed by atoms with Gasteiger partial charge in [0.1, 0.15) is 4.21 Å². The molecule has 1 aliphatic heterocycles. The number of nitrogens with zero attached hydrogens (tertiary/aromatic N) is 2. The first-order valence-electron chi connectivity index (χ1n) is 9.24. The Bertz CT molecular complexity index is 929. The molecule has 6 nitrogen and oxygen atoms in total. The van der Waals surface area contributed by atoms with Crippen molar-refractivity contribution < 1.29 is 13.2 Å². The second-order valence-corrected chi connectivity index (χ2v) is 11.4. The minimum absolute atomic E-state index is 0.0495. The third-order valence-corrected chi connectivity index (χ3v) is 9.08. The number of thiophene rings is 1. The van der Waals surface area contributed by atoms with Crippen molar-refractivity contribution in [3.05, 3.63) is 22.5 Å². The number of aryl methyl sites for hydroxylation is 1. The van der Waals surface area contributed by atoms with Gasteiger partial charge in [-0.05, 0) is 37.8 Å². The Kier molecular flexibility index (Phi) is 5.37. The number of hydrogen-bond acceptors (Lipinski definition) is 6. The number of thiazole rings is 1. The minimum atomic E-state index is -3.57. The Morgan fingerprint density at radius 3 is 2.78 bits per heavy atom. The molecule has 0 radical (unpaired) electrons. The van der Waals surface area contributed by atoms with Gasteiger partial charge in [0.15, 0.2) is 0 Å². The van der Waals surface area contributed by atoms with Gasteiger partial charge in [-0.1, -0.05) is 12.8 Å². The highest BCUT2D eigenvalue weighted by atomic mass is 32.2. The van der Waals surface area contributed by atoms with E-state index in [1.165, 1.54) is 24.2 Å². The number of nitrogens with one attached hydrogen (secondary N) is 1. The van der Waals surface area contributed by atoms with Gasteiger partial charge in [0.2, 0.25) is 15.9 Å². The lowest BCUT2D eigenvalue weighted by Crippen LogP contribution is -2.35. The van der Waals surface area contributed by atoms with E-state index >= 15 is 0 Å². The topological polar surface area (TPSA) is 79.4 Å². The van der Waals surface area contributed by atoms with Gasteiger partial charge in [-0.3, -0.25) is 4.79 Å². The molecule has 0 bridgehead atoms. The van der Waals surface area contributed by atoms with Crippen LogP contribution in [0.2, 0.25) is 0 Å². The Hall–Kier alpha value is -1.29. The van der Waals surface area contributed by atoms with E-state index in [9.17, 15) is 13.2 Å². The Morgan fingerprint density at radius 2 is 2.07 bits per heavy atom. The average molecular weight is 426 g/mol. The van der Waals surface area contributed by atoms with Crippen molar-refractivity contribution in [3.63, 3.8) is 0 Å². The summed E-state index contributed by atoms with van der Waals surface area (Å²) in [4.78, 5) is 19.5. The highest BCUT2D eigenvalue weighted by Gasteiger charge is 2.35. The second-order valence-electron chi connectivity index (χ2n) is 7.28. The summed E-state index contributed by atoms with van der Waals surface area (Å²) < 4.78 is 28.3. The first-order valence-corrected chi connectivity index (χ1v) is 12.4. The summed E-state index contributed by atoms with van der Waals surface area (Å²) in [7, 11) is -3.57. The SMILES string of the molecule is Cc1nc(-c2ccc(S(=O)(=O)NC[C@@H]3CC(=O)N(C4CCCC4)C3)s2)cs1.